The number of nitrogen functional groups attached to an aromatic ring is 1. The van der Waals surface area contributed by atoms with Gasteiger partial charge in [0, 0.05) is 25.4 Å². The van der Waals surface area contributed by atoms with E-state index in [-0.39, 0.29) is 6.61 Å². The Hall–Kier alpha value is -1.00. The van der Waals surface area contributed by atoms with Crippen molar-refractivity contribution in [3.63, 3.8) is 0 Å². The van der Waals surface area contributed by atoms with Gasteiger partial charge in [0.1, 0.15) is 0 Å². The summed E-state index contributed by atoms with van der Waals surface area (Å²) in [7, 11) is 0. The normalized spacial score (nSPS) is 19.9. The molecule has 3 N–H and O–H groups in total. The van der Waals surface area contributed by atoms with Crippen LogP contribution in [0.2, 0.25) is 5.02 Å². The van der Waals surface area contributed by atoms with E-state index in [1.807, 2.05) is 0 Å². The van der Waals surface area contributed by atoms with Gasteiger partial charge in [0.25, 0.3) is 0 Å². The molecule has 0 bridgehead atoms. The van der Waals surface area contributed by atoms with Crippen LogP contribution >= 0.6 is 11.6 Å². The number of rotatable bonds is 4. The predicted molar refractivity (Wildman–Crippen MR) is 70.3 cm³/mol. The van der Waals surface area contributed by atoms with E-state index in [0.717, 1.165) is 38.0 Å². The molecule has 4 nitrogen and oxygen atoms in total. The molecular formula is C12H18ClN3O. The highest BCUT2D eigenvalue weighted by Gasteiger charge is 2.26. The molecule has 5 heteroatoms. The van der Waals surface area contributed by atoms with Gasteiger partial charge in [0.15, 0.2) is 5.82 Å². The summed E-state index contributed by atoms with van der Waals surface area (Å²) in [5.74, 6) is 0.829. The molecule has 1 fully saturated rings. The molecule has 2 rings (SSSR count). The lowest BCUT2D eigenvalue weighted by molar-refractivity contribution is 0.279. The molecule has 1 aromatic rings. The zero-order chi connectivity index (χ0) is 12.3. The highest BCUT2D eigenvalue weighted by molar-refractivity contribution is 6.30. The van der Waals surface area contributed by atoms with Crippen molar-refractivity contribution >= 4 is 23.1 Å². The zero-order valence-electron chi connectivity index (χ0n) is 9.77. The van der Waals surface area contributed by atoms with Gasteiger partial charge in [0.05, 0.1) is 10.7 Å². The molecule has 1 atom stereocenters. The van der Waals surface area contributed by atoms with E-state index in [2.05, 4.69) is 9.88 Å². The van der Waals surface area contributed by atoms with Crippen LogP contribution < -0.4 is 10.6 Å². The molecule has 17 heavy (non-hydrogen) atoms. The van der Waals surface area contributed by atoms with E-state index in [0.29, 0.717) is 16.8 Å². The molecule has 94 valence electrons. The number of nitrogens with two attached hydrogens (primary N) is 1. The molecule has 2 heterocycles. The van der Waals surface area contributed by atoms with E-state index >= 15 is 0 Å². The number of hydrogen-bond acceptors (Lipinski definition) is 4. The number of aromatic nitrogens is 1. The maximum Gasteiger partial charge on any atom is 0.152 e. The molecule has 1 aliphatic heterocycles. The summed E-state index contributed by atoms with van der Waals surface area (Å²) in [6.45, 7) is 1.22. The smallest absolute Gasteiger partial charge is 0.152 e. The molecule has 0 aromatic carbocycles. The quantitative estimate of drug-likeness (QED) is 0.865. The Kier molecular flexibility index (Phi) is 4.07. The van der Waals surface area contributed by atoms with Gasteiger partial charge in [-0.1, -0.05) is 11.6 Å². The van der Waals surface area contributed by atoms with Crippen molar-refractivity contribution in [3.05, 3.63) is 17.3 Å². The van der Waals surface area contributed by atoms with Crippen molar-refractivity contribution in [2.24, 2.45) is 0 Å². The Balaban J connectivity index is 2.14. The first kappa shape index (κ1) is 12.5. The van der Waals surface area contributed by atoms with Gasteiger partial charge >= 0.3 is 0 Å². The number of halogens is 1. The maximum absolute atomic E-state index is 8.90. The monoisotopic (exact) mass is 255 g/mol. The van der Waals surface area contributed by atoms with Crippen molar-refractivity contribution in [3.8, 4) is 0 Å². The summed E-state index contributed by atoms with van der Waals surface area (Å²) in [5.41, 5.74) is 6.59. The summed E-state index contributed by atoms with van der Waals surface area (Å²) in [6, 6.07) is 2.18. The number of aliphatic hydroxyl groups excluding tert-OH is 1. The molecule has 0 radical (unpaired) electrons. The number of pyridine rings is 1. The molecule has 0 saturated carbocycles. The fourth-order valence-electron chi connectivity index (χ4n) is 2.43. The second kappa shape index (κ2) is 5.56. The van der Waals surface area contributed by atoms with Crippen LogP contribution in [-0.4, -0.2) is 29.3 Å². The second-order valence-electron chi connectivity index (χ2n) is 4.42. The largest absolute Gasteiger partial charge is 0.396 e. The minimum atomic E-state index is 0.244. The van der Waals surface area contributed by atoms with Crippen LogP contribution in [0.1, 0.15) is 25.7 Å². The molecular weight excluding hydrogens is 238 g/mol. The lowest BCUT2D eigenvalue weighted by Gasteiger charge is -2.26. The molecule has 1 aliphatic rings. The summed E-state index contributed by atoms with van der Waals surface area (Å²) in [5, 5.41) is 9.47. The molecule has 0 aliphatic carbocycles. The zero-order valence-corrected chi connectivity index (χ0v) is 10.5. The van der Waals surface area contributed by atoms with Crippen LogP contribution in [-0.2, 0) is 0 Å². The fourth-order valence-corrected chi connectivity index (χ4v) is 2.60. The van der Waals surface area contributed by atoms with Crippen molar-refractivity contribution in [2.45, 2.75) is 31.7 Å². The number of aliphatic hydroxyl groups is 1. The van der Waals surface area contributed by atoms with Crippen LogP contribution in [0.5, 0.6) is 0 Å². The van der Waals surface area contributed by atoms with E-state index in [4.69, 9.17) is 22.4 Å². The van der Waals surface area contributed by atoms with Crippen molar-refractivity contribution in [1.82, 2.24) is 4.98 Å². The van der Waals surface area contributed by atoms with Gasteiger partial charge in [-0.3, -0.25) is 0 Å². The third-order valence-electron chi connectivity index (χ3n) is 3.21. The van der Waals surface area contributed by atoms with E-state index in [1.165, 1.54) is 0 Å². The minimum absolute atomic E-state index is 0.244. The first-order chi connectivity index (χ1) is 8.22. The Labute approximate surface area is 106 Å². The van der Waals surface area contributed by atoms with Gasteiger partial charge < -0.3 is 15.7 Å². The molecule has 1 saturated heterocycles. The number of anilines is 2. The third kappa shape index (κ3) is 2.82. The SMILES string of the molecule is Nc1cc(Cl)cnc1N1CCCC1CCCO. The Bertz CT molecular complexity index is 386. The minimum Gasteiger partial charge on any atom is -0.396 e. The average molecular weight is 256 g/mol. The predicted octanol–water partition coefficient (Wildman–Crippen LogP) is 2.06. The highest BCUT2D eigenvalue weighted by Crippen LogP contribution is 2.31. The van der Waals surface area contributed by atoms with E-state index in [9.17, 15) is 0 Å². The third-order valence-corrected chi connectivity index (χ3v) is 3.41. The molecule has 0 spiro atoms. The van der Waals surface area contributed by atoms with Gasteiger partial charge in [-0.15, -0.1) is 0 Å². The maximum atomic E-state index is 8.90. The molecule has 1 unspecified atom stereocenters. The van der Waals surface area contributed by atoms with Crippen LogP contribution in [0.15, 0.2) is 12.3 Å². The number of nitrogens with zero attached hydrogens (tertiary/aromatic N) is 2. The van der Waals surface area contributed by atoms with Crippen molar-refractivity contribution in [2.75, 3.05) is 23.8 Å². The van der Waals surface area contributed by atoms with Gasteiger partial charge in [-0.25, -0.2) is 4.98 Å². The topological polar surface area (TPSA) is 62.4 Å². The lowest BCUT2D eigenvalue weighted by Crippen LogP contribution is -2.30. The summed E-state index contributed by atoms with van der Waals surface area (Å²) < 4.78 is 0. The number of hydrogen-bond donors (Lipinski definition) is 2. The standard InChI is InChI=1S/C12H18ClN3O/c13-9-7-11(14)12(15-8-9)16-5-1-3-10(16)4-2-6-17/h7-8,10,17H,1-6,14H2. The highest BCUT2D eigenvalue weighted by atomic mass is 35.5. The first-order valence-electron chi connectivity index (χ1n) is 6.01. The van der Waals surface area contributed by atoms with Crippen molar-refractivity contribution < 1.29 is 5.11 Å². The van der Waals surface area contributed by atoms with Crippen LogP contribution in [0.3, 0.4) is 0 Å². The Morgan fingerprint density at radius 1 is 1.59 bits per heavy atom. The van der Waals surface area contributed by atoms with Crippen molar-refractivity contribution in [1.29, 1.82) is 0 Å². The summed E-state index contributed by atoms with van der Waals surface area (Å²) in [4.78, 5) is 6.56. The van der Waals surface area contributed by atoms with Crippen LogP contribution in [0.25, 0.3) is 0 Å². The van der Waals surface area contributed by atoms with Gasteiger partial charge in [-0.05, 0) is 31.7 Å². The fraction of sp³-hybridized carbons (Fsp3) is 0.583. The van der Waals surface area contributed by atoms with E-state index < -0.39 is 0 Å². The van der Waals surface area contributed by atoms with Crippen LogP contribution in [0, 0.1) is 0 Å². The van der Waals surface area contributed by atoms with E-state index in [1.54, 1.807) is 12.3 Å². The summed E-state index contributed by atoms with van der Waals surface area (Å²) >= 11 is 5.85. The Morgan fingerprint density at radius 2 is 2.41 bits per heavy atom. The first-order valence-corrected chi connectivity index (χ1v) is 6.38. The molecule has 0 amide bonds. The lowest BCUT2D eigenvalue weighted by atomic mass is 10.1. The summed E-state index contributed by atoms with van der Waals surface area (Å²) in [6.07, 6.45) is 5.74. The Morgan fingerprint density at radius 3 is 3.12 bits per heavy atom. The molecule has 1 aromatic heterocycles. The van der Waals surface area contributed by atoms with Gasteiger partial charge in [-0.2, -0.15) is 0 Å². The average Bonchev–Trinajstić information content (AvgIpc) is 2.74. The van der Waals surface area contributed by atoms with Crippen LogP contribution in [0.4, 0.5) is 11.5 Å². The second-order valence-corrected chi connectivity index (χ2v) is 4.86. The van der Waals surface area contributed by atoms with Gasteiger partial charge in [0.2, 0.25) is 0 Å².